The molecular weight excluding hydrogens is 239 g/mol. The molecule has 1 aromatic carbocycles. The third-order valence-electron chi connectivity index (χ3n) is 1.50. The highest BCUT2D eigenvalue weighted by atomic mass is 79.9. The molecule has 12 heavy (non-hydrogen) atoms. The smallest absolute Gasteiger partial charge is 0.124 e. The Morgan fingerprint density at radius 1 is 1.58 bits per heavy atom. The highest BCUT2D eigenvalue weighted by molar-refractivity contribution is 9.09. The lowest BCUT2D eigenvalue weighted by Crippen LogP contribution is -1.84. The van der Waals surface area contributed by atoms with E-state index in [1.165, 1.54) is 6.07 Å². The van der Waals surface area contributed by atoms with Crippen LogP contribution in [0, 0.1) is 0 Å². The third-order valence-corrected chi connectivity index (χ3v) is 2.41. The first-order valence-electron chi connectivity index (χ1n) is 3.37. The van der Waals surface area contributed by atoms with Gasteiger partial charge in [-0.3, -0.25) is 0 Å². The summed E-state index contributed by atoms with van der Waals surface area (Å²) in [6.07, 6.45) is 0. The van der Waals surface area contributed by atoms with Crippen molar-refractivity contribution in [1.82, 2.24) is 0 Å². The number of alkyl halides is 1. The first-order valence-corrected chi connectivity index (χ1v) is 4.87. The minimum absolute atomic E-state index is 0.173. The minimum Gasteiger partial charge on any atom is -0.507 e. The van der Waals surface area contributed by atoms with Crippen LogP contribution in [0.2, 0.25) is 5.02 Å². The number of phenols is 1. The van der Waals surface area contributed by atoms with Crippen LogP contribution in [0.3, 0.4) is 0 Å². The van der Waals surface area contributed by atoms with E-state index >= 15 is 0 Å². The zero-order valence-corrected chi connectivity index (χ0v) is 8.69. The summed E-state index contributed by atoms with van der Waals surface area (Å²) in [5.41, 5.74) is 1.57. The second-order valence-electron chi connectivity index (χ2n) is 2.40. The molecule has 0 radical (unpaired) electrons. The van der Waals surface area contributed by atoms with Crippen LogP contribution in [0.25, 0.3) is 5.57 Å². The maximum atomic E-state index is 9.43. The molecule has 0 amide bonds. The van der Waals surface area contributed by atoms with Crippen molar-refractivity contribution in [2.24, 2.45) is 0 Å². The molecule has 0 saturated heterocycles. The van der Waals surface area contributed by atoms with Gasteiger partial charge in [-0.05, 0) is 23.8 Å². The topological polar surface area (TPSA) is 20.2 Å². The number of phenolic OH excluding ortho intramolecular Hbond substituents is 1. The van der Waals surface area contributed by atoms with Gasteiger partial charge in [0.2, 0.25) is 0 Å². The van der Waals surface area contributed by atoms with Crippen LogP contribution in [-0.4, -0.2) is 10.4 Å². The van der Waals surface area contributed by atoms with Crippen molar-refractivity contribution in [1.29, 1.82) is 0 Å². The number of aromatic hydroxyl groups is 1. The van der Waals surface area contributed by atoms with Crippen molar-refractivity contribution >= 4 is 33.1 Å². The average Bonchev–Trinajstić information content (AvgIpc) is 2.03. The highest BCUT2D eigenvalue weighted by Crippen LogP contribution is 2.27. The van der Waals surface area contributed by atoms with E-state index in [9.17, 15) is 5.11 Å². The van der Waals surface area contributed by atoms with Crippen molar-refractivity contribution in [3.8, 4) is 5.75 Å². The highest BCUT2D eigenvalue weighted by Gasteiger charge is 2.03. The lowest BCUT2D eigenvalue weighted by Gasteiger charge is -2.04. The molecule has 0 saturated carbocycles. The van der Waals surface area contributed by atoms with Crippen molar-refractivity contribution in [2.75, 3.05) is 5.33 Å². The van der Waals surface area contributed by atoms with Gasteiger partial charge in [-0.25, -0.2) is 0 Å². The Morgan fingerprint density at radius 3 is 2.75 bits per heavy atom. The number of hydrogen-bond acceptors (Lipinski definition) is 1. The number of hydrogen-bond donors (Lipinski definition) is 1. The molecule has 1 nitrogen and oxygen atoms in total. The van der Waals surface area contributed by atoms with Gasteiger partial charge in [0.25, 0.3) is 0 Å². The monoisotopic (exact) mass is 246 g/mol. The zero-order valence-electron chi connectivity index (χ0n) is 6.35. The molecule has 3 heteroatoms. The Balaban J connectivity index is 3.09. The summed E-state index contributed by atoms with van der Waals surface area (Å²) in [6, 6.07) is 4.98. The van der Waals surface area contributed by atoms with Crippen LogP contribution >= 0.6 is 27.5 Å². The summed E-state index contributed by atoms with van der Waals surface area (Å²) in [6.45, 7) is 3.78. The molecular formula is C9H8BrClO. The Hall–Kier alpha value is -0.470. The predicted octanol–water partition coefficient (Wildman–Crippen LogP) is 3.45. The van der Waals surface area contributed by atoms with Gasteiger partial charge in [-0.2, -0.15) is 0 Å². The quantitative estimate of drug-likeness (QED) is 0.794. The Morgan fingerprint density at radius 2 is 2.25 bits per heavy atom. The van der Waals surface area contributed by atoms with Crippen LogP contribution in [-0.2, 0) is 0 Å². The number of halogens is 2. The fourth-order valence-electron chi connectivity index (χ4n) is 0.876. The summed E-state index contributed by atoms with van der Waals surface area (Å²) in [5.74, 6) is 0.173. The van der Waals surface area contributed by atoms with E-state index < -0.39 is 0 Å². The van der Waals surface area contributed by atoms with Crippen molar-refractivity contribution in [2.45, 2.75) is 0 Å². The second kappa shape index (κ2) is 3.97. The molecule has 0 atom stereocenters. The molecule has 0 aliphatic carbocycles. The van der Waals surface area contributed by atoms with Gasteiger partial charge in [0.1, 0.15) is 5.75 Å². The normalized spacial score (nSPS) is 9.83. The largest absolute Gasteiger partial charge is 0.507 e. The van der Waals surface area contributed by atoms with Crippen LogP contribution in [0.1, 0.15) is 5.56 Å². The van der Waals surface area contributed by atoms with Gasteiger partial charge in [0.05, 0.1) is 0 Å². The molecule has 64 valence electrons. The summed E-state index contributed by atoms with van der Waals surface area (Å²) in [7, 11) is 0. The molecule has 0 unspecified atom stereocenters. The summed E-state index contributed by atoms with van der Waals surface area (Å²) >= 11 is 8.92. The SMILES string of the molecule is C=C(CBr)c1ccc(Cl)cc1O. The molecule has 1 rings (SSSR count). The van der Waals surface area contributed by atoms with E-state index in [-0.39, 0.29) is 5.75 Å². The maximum absolute atomic E-state index is 9.43. The van der Waals surface area contributed by atoms with E-state index in [0.717, 1.165) is 11.1 Å². The Labute approximate surface area is 84.8 Å². The van der Waals surface area contributed by atoms with E-state index in [2.05, 4.69) is 22.5 Å². The fourth-order valence-corrected chi connectivity index (χ4v) is 1.34. The molecule has 0 spiro atoms. The standard InChI is InChI=1S/C9H8BrClO/c1-6(5-10)8-3-2-7(11)4-9(8)12/h2-4,12H,1,5H2. The molecule has 0 aromatic heterocycles. The minimum atomic E-state index is 0.173. The number of allylic oxidation sites excluding steroid dienone is 1. The number of benzene rings is 1. The predicted molar refractivity (Wildman–Crippen MR) is 55.9 cm³/mol. The lowest BCUT2D eigenvalue weighted by atomic mass is 10.1. The van der Waals surface area contributed by atoms with E-state index in [4.69, 9.17) is 11.6 Å². The fraction of sp³-hybridized carbons (Fsp3) is 0.111. The van der Waals surface area contributed by atoms with Crippen LogP contribution in [0.5, 0.6) is 5.75 Å². The molecule has 0 aliphatic rings. The summed E-state index contributed by atoms with van der Waals surface area (Å²) in [4.78, 5) is 0. The third kappa shape index (κ3) is 2.02. The maximum Gasteiger partial charge on any atom is 0.124 e. The summed E-state index contributed by atoms with van der Waals surface area (Å²) in [5, 5.41) is 10.6. The van der Waals surface area contributed by atoms with Crippen molar-refractivity contribution in [3.63, 3.8) is 0 Å². The number of rotatable bonds is 2. The van der Waals surface area contributed by atoms with E-state index in [0.29, 0.717) is 10.4 Å². The van der Waals surface area contributed by atoms with Crippen LogP contribution in [0.15, 0.2) is 24.8 Å². The Kier molecular flexibility index (Phi) is 3.18. The van der Waals surface area contributed by atoms with Gasteiger partial charge >= 0.3 is 0 Å². The lowest BCUT2D eigenvalue weighted by molar-refractivity contribution is 0.473. The summed E-state index contributed by atoms with van der Waals surface area (Å²) < 4.78 is 0. The molecule has 1 N–H and O–H groups in total. The first-order chi connectivity index (χ1) is 5.65. The van der Waals surface area contributed by atoms with Gasteiger partial charge in [0, 0.05) is 15.9 Å². The van der Waals surface area contributed by atoms with Gasteiger partial charge < -0.3 is 5.11 Å². The molecule has 0 heterocycles. The van der Waals surface area contributed by atoms with Gasteiger partial charge in [-0.1, -0.05) is 34.1 Å². The molecule has 1 aromatic rings. The van der Waals surface area contributed by atoms with Crippen LogP contribution < -0.4 is 0 Å². The van der Waals surface area contributed by atoms with Crippen molar-refractivity contribution < 1.29 is 5.11 Å². The average molecular weight is 248 g/mol. The molecule has 0 fully saturated rings. The van der Waals surface area contributed by atoms with Gasteiger partial charge in [-0.15, -0.1) is 0 Å². The zero-order chi connectivity index (χ0) is 9.14. The molecule has 0 aliphatic heterocycles. The Bertz CT molecular complexity index is 309. The molecule has 0 bridgehead atoms. The van der Waals surface area contributed by atoms with E-state index in [1.54, 1.807) is 12.1 Å². The van der Waals surface area contributed by atoms with Crippen LogP contribution in [0.4, 0.5) is 0 Å². The van der Waals surface area contributed by atoms with E-state index in [1.807, 2.05) is 0 Å². The first kappa shape index (κ1) is 9.62. The second-order valence-corrected chi connectivity index (χ2v) is 3.40. The van der Waals surface area contributed by atoms with Crippen molar-refractivity contribution in [3.05, 3.63) is 35.4 Å². The van der Waals surface area contributed by atoms with Gasteiger partial charge in [0.15, 0.2) is 0 Å².